The van der Waals surface area contributed by atoms with Crippen molar-refractivity contribution in [3.63, 3.8) is 0 Å². The number of nitrogens with one attached hydrogen (secondary N) is 1. The fraction of sp³-hybridized carbons (Fsp3) is 0.412. The van der Waals surface area contributed by atoms with Gasteiger partial charge >= 0.3 is 0 Å². The molecule has 1 aromatic carbocycles. The molecule has 104 valence electrons. The van der Waals surface area contributed by atoms with E-state index in [1.807, 2.05) is 24.4 Å². The molecule has 1 unspecified atom stereocenters. The van der Waals surface area contributed by atoms with Gasteiger partial charge in [0.1, 0.15) is 0 Å². The molecule has 0 saturated heterocycles. The van der Waals surface area contributed by atoms with Crippen molar-refractivity contribution in [2.75, 3.05) is 13.1 Å². The fourth-order valence-electron chi connectivity index (χ4n) is 2.83. The van der Waals surface area contributed by atoms with Gasteiger partial charge in [0.15, 0.2) is 5.82 Å². The van der Waals surface area contributed by atoms with Gasteiger partial charge in [-0.3, -0.25) is 0 Å². The van der Waals surface area contributed by atoms with E-state index in [0.717, 1.165) is 43.2 Å². The molecule has 0 spiro atoms. The largest absolute Gasteiger partial charge is 0.317 e. The molecule has 1 aliphatic carbocycles. The van der Waals surface area contributed by atoms with Crippen LogP contribution in [0.2, 0.25) is 0 Å². The Bertz CT molecular complexity index is 566. The lowest BCUT2D eigenvalue weighted by Gasteiger charge is -2.24. The summed E-state index contributed by atoms with van der Waals surface area (Å²) >= 11 is 0. The lowest BCUT2D eigenvalue weighted by atomic mass is 9.87. The molecule has 1 heterocycles. The summed E-state index contributed by atoms with van der Waals surface area (Å²) in [5, 5.41) is 3.45. The number of aromatic nitrogens is 2. The summed E-state index contributed by atoms with van der Waals surface area (Å²) in [6, 6.07) is 10.2. The van der Waals surface area contributed by atoms with E-state index in [1.54, 1.807) is 0 Å². The fourth-order valence-corrected chi connectivity index (χ4v) is 2.83. The van der Waals surface area contributed by atoms with Crippen LogP contribution in [0.15, 0.2) is 36.5 Å². The second kappa shape index (κ2) is 6.14. The predicted molar refractivity (Wildman–Crippen MR) is 81.5 cm³/mol. The third-order valence-corrected chi connectivity index (χ3v) is 3.97. The Hall–Kier alpha value is -1.74. The van der Waals surface area contributed by atoms with Crippen molar-refractivity contribution in [1.29, 1.82) is 0 Å². The second-order valence-electron chi connectivity index (χ2n) is 5.45. The summed E-state index contributed by atoms with van der Waals surface area (Å²) < 4.78 is 0. The molecule has 1 N–H and O–H groups in total. The number of benzene rings is 1. The summed E-state index contributed by atoms with van der Waals surface area (Å²) in [4.78, 5) is 9.31. The smallest absolute Gasteiger partial charge is 0.159 e. The third kappa shape index (κ3) is 2.88. The van der Waals surface area contributed by atoms with Gasteiger partial charge in [0.2, 0.25) is 0 Å². The minimum atomic E-state index is 0.730. The van der Waals surface area contributed by atoms with Crippen LogP contribution in [0.25, 0.3) is 11.4 Å². The molecule has 3 nitrogen and oxygen atoms in total. The van der Waals surface area contributed by atoms with E-state index in [4.69, 9.17) is 4.98 Å². The Balaban J connectivity index is 1.78. The maximum absolute atomic E-state index is 4.77. The van der Waals surface area contributed by atoms with Crippen molar-refractivity contribution in [3.05, 3.63) is 47.8 Å². The first-order chi connectivity index (χ1) is 9.86. The molecule has 0 aliphatic heterocycles. The Morgan fingerprint density at radius 2 is 2.10 bits per heavy atom. The zero-order valence-corrected chi connectivity index (χ0v) is 12.0. The Morgan fingerprint density at radius 1 is 1.25 bits per heavy atom. The van der Waals surface area contributed by atoms with Crippen LogP contribution in [0.3, 0.4) is 0 Å². The zero-order valence-electron chi connectivity index (χ0n) is 12.0. The van der Waals surface area contributed by atoms with Crippen LogP contribution in [0.4, 0.5) is 0 Å². The average Bonchev–Trinajstić information content (AvgIpc) is 2.53. The average molecular weight is 267 g/mol. The molecule has 1 aromatic heterocycles. The van der Waals surface area contributed by atoms with Crippen molar-refractivity contribution >= 4 is 0 Å². The molecule has 3 rings (SSSR count). The first-order valence-electron chi connectivity index (χ1n) is 7.47. The van der Waals surface area contributed by atoms with Crippen molar-refractivity contribution in [2.45, 2.75) is 26.2 Å². The molecule has 1 atom stereocenters. The van der Waals surface area contributed by atoms with Crippen LogP contribution in [0.1, 0.15) is 24.6 Å². The zero-order chi connectivity index (χ0) is 13.8. The summed E-state index contributed by atoms with van der Waals surface area (Å²) in [6.45, 7) is 4.31. The Morgan fingerprint density at radius 3 is 2.90 bits per heavy atom. The van der Waals surface area contributed by atoms with E-state index in [-0.39, 0.29) is 0 Å². The second-order valence-corrected chi connectivity index (χ2v) is 5.45. The van der Waals surface area contributed by atoms with Crippen molar-refractivity contribution in [3.8, 4) is 11.4 Å². The number of rotatable bonds is 4. The molecule has 0 fully saturated rings. The van der Waals surface area contributed by atoms with Crippen LogP contribution in [-0.2, 0) is 12.8 Å². The molecule has 0 bridgehead atoms. The van der Waals surface area contributed by atoms with Gasteiger partial charge in [0.25, 0.3) is 0 Å². The molecule has 20 heavy (non-hydrogen) atoms. The molecule has 0 radical (unpaired) electrons. The normalized spacial score (nSPS) is 17.8. The maximum atomic E-state index is 4.77. The first kappa shape index (κ1) is 13.3. The summed E-state index contributed by atoms with van der Waals surface area (Å²) in [7, 11) is 0. The van der Waals surface area contributed by atoms with E-state index < -0.39 is 0 Å². The van der Waals surface area contributed by atoms with Gasteiger partial charge in [0, 0.05) is 17.5 Å². The van der Waals surface area contributed by atoms with Gasteiger partial charge in [0.05, 0.1) is 0 Å². The van der Waals surface area contributed by atoms with Crippen molar-refractivity contribution in [2.24, 2.45) is 5.92 Å². The quantitative estimate of drug-likeness (QED) is 0.925. The minimum absolute atomic E-state index is 0.730. The van der Waals surface area contributed by atoms with Gasteiger partial charge in [-0.25, -0.2) is 9.97 Å². The lowest BCUT2D eigenvalue weighted by molar-refractivity contribution is 0.425. The monoisotopic (exact) mass is 267 g/mol. The highest BCUT2D eigenvalue weighted by molar-refractivity contribution is 5.54. The van der Waals surface area contributed by atoms with Crippen molar-refractivity contribution in [1.82, 2.24) is 15.3 Å². The maximum Gasteiger partial charge on any atom is 0.159 e. The van der Waals surface area contributed by atoms with Gasteiger partial charge in [-0.15, -0.1) is 0 Å². The SMILES string of the molecule is CCNCC1CCc2nc(-c3ccccc3)ncc2C1. The highest BCUT2D eigenvalue weighted by Gasteiger charge is 2.20. The molecule has 3 heteroatoms. The van der Waals surface area contributed by atoms with Gasteiger partial charge in [-0.05, 0) is 43.8 Å². The van der Waals surface area contributed by atoms with E-state index in [9.17, 15) is 0 Å². The third-order valence-electron chi connectivity index (χ3n) is 3.97. The molecule has 0 saturated carbocycles. The van der Waals surface area contributed by atoms with Crippen LogP contribution in [-0.4, -0.2) is 23.1 Å². The summed E-state index contributed by atoms with van der Waals surface area (Å²) in [5.41, 5.74) is 3.68. The molecule has 0 amide bonds. The number of fused-ring (bicyclic) bond motifs is 1. The number of hydrogen-bond acceptors (Lipinski definition) is 3. The van der Waals surface area contributed by atoms with Crippen LogP contribution in [0.5, 0.6) is 0 Å². The van der Waals surface area contributed by atoms with Crippen LogP contribution in [0, 0.1) is 5.92 Å². The van der Waals surface area contributed by atoms with Gasteiger partial charge in [-0.2, -0.15) is 0 Å². The van der Waals surface area contributed by atoms with Gasteiger partial charge < -0.3 is 5.32 Å². The standard InChI is InChI=1S/C17H21N3/c1-2-18-11-13-8-9-16-15(10-13)12-19-17(20-16)14-6-4-3-5-7-14/h3-7,12-13,18H,2,8-11H2,1H3. The highest BCUT2D eigenvalue weighted by atomic mass is 14.9. The van der Waals surface area contributed by atoms with E-state index in [0.29, 0.717) is 0 Å². The Labute approximate surface area is 120 Å². The number of hydrogen-bond donors (Lipinski definition) is 1. The van der Waals surface area contributed by atoms with Crippen molar-refractivity contribution < 1.29 is 0 Å². The molecule has 1 aliphatic rings. The van der Waals surface area contributed by atoms with E-state index in [1.165, 1.54) is 17.7 Å². The van der Waals surface area contributed by atoms with Crippen LogP contribution < -0.4 is 5.32 Å². The predicted octanol–water partition coefficient (Wildman–Crippen LogP) is 2.86. The minimum Gasteiger partial charge on any atom is -0.317 e. The number of nitrogens with zero attached hydrogens (tertiary/aromatic N) is 2. The van der Waals surface area contributed by atoms with Gasteiger partial charge in [-0.1, -0.05) is 37.3 Å². The lowest BCUT2D eigenvalue weighted by Crippen LogP contribution is -2.27. The topological polar surface area (TPSA) is 37.8 Å². The molecule has 2 aromatic rings. The van der Waals surface area contributed by atoms with E-state index in [2.05, 4.69) is 29.4 Å². The van der Waals surface area contributed by atoms with Crippen LogP contribution >= 0.6 is 0 Å². The van der Waals surface area contributed by atoms with E-state index >= 15 is 0 Å². The number of aryl methyl sites for hydroxylation is 1. The highest BCUT2D eigenvalue weighted by Crippen LogP contribution is 2.25. The Kier molecular flexibility index (Phi) is 4.07. The molecular formula is C17H21N3. The molecular weight excluding hydrogens is 246 g/mol. The summed E-state index contributed by atoms with van der Waals surface area (Å²) in [6.07, 6.45) is 5.44. The first-order valence-corrected chi connectivity index (χ1v) is 7.47. The summed E-state index contributed by atoms with van der Waals surface area (Å²) in [5.74, 6) is 1.59.